The quantitative estimate of drug-likeness (QED) is 0.723. The van der Waals surface area contributed by atoms with Crippen LogP contribution in [0.5, 0.6) is 17.2 Å². The van der Waals surface area contributed by atoms with Crippen molar-refractivity contribution >= 4 is 11.8 Å². The van der Waals surface area contributed by atoms with Crippen LogP contribution in [0.4, 0.5) is 11.8 Å². The van der Waals surface area contributed by atoms with Crippen LogP contribution in [0, 0.1) is 0 Å². The van der Waals surface area contributed by atoms with E-state index in [1.807, 2.05) is 36.4 Å². The van der Waals surface area contributed by atoms with E-state index in [1.165, 1.54) is 0 Å². The number of morpholine rings is 1. The maximum absolute atomic E-state index is 6.13. The topological polar surface area (TPSA) is 95.6 Å². The SMILES string of the molecule is COc1ccccc1Oc1cc(-c2cnc(N)nc2)nc(N2CCOCC2)c1. The van der Waals surface area contributed by atoms with E-state index in [-0.39, 0.29) is 5.95 Å². The second-order valence-corrected chi connectivity index (χ2v) is 6.23. The number of hydrogen-bond acceptors (Lipinski definition) is 8. The number of benzene rings is 1. The second-order valence-electron chi connectivity index (χ2n) is 6.23. The van der Waals surface area contributed by atoms with Crippen LogP contribution >= 0.6 is 0 Å². The molecule has 3 aromatic rings. The van der Waals surface area contributed by atoms with Crippen LogP contribution in [0.15, 0.2) is 48.8 Å². The fraction of sp³-hybridized carbons (Fsp3) is 0.250. The summed E-state index contributed by atoms with van der Waals surface area (Å²) >= 11 is 0. The van der Waals surface area contributed by atoms with E-state index in [0.717, 1.165) is 24.5 Å². The lowest BCUT2D eigenvalue weighted by Crippen LogP contribution is -2.36. The highest BCUT2D eigenvalue weighted by molar-refractivity contribution is 5.64. The normalized spacial score (nSPS) is 14.0. The fourth-order valence-corrected chi connectivity index (χ4v) is 2.95. The minimum Gasteiger partial charge on any atom is -0.493 e. The van der Waals surface area contributed by atoms with Crippen LogP contribution in [-0.4, -0.2) is 48.4 Å². The van der Waals surface area contributed by atoms with Gasteiger partial charge in [0, 0.05) is 43.2 Å². The van der Waals surface area contributed by atoms with Gasteiger partial charge in [0.1, 0.15) is 11.6 Å². The maximum Gasteiger partial charge on any atom is 0.219 e. The minimum absolute atomic E-state index is 0.221. The summed E-state index contributed by atoms with van der Waals surface area (Å²) in [6, 6.07) is 11.3. The average molecular weight is 379 g/mol. The van der Waals surface area contributed by atoms with E-state index in [2.05, 4.69) is 14.9 Å². The smallest absolute Gasteiger partial charge is 0.219 e. The molecule has 144 valence electrons. The Balaban J connectivity index is 1.73. The number of methoxy groups -OCH3 is 1. The molecule has 8 nitrogen and oxygen atoms in total. The zero-order chi connectivity index (χ0) is 19.3. The molecule has 1 aromatic carbocycles. The van der Waals surface area contributed by atoms with Gasteiger partial charge in [-0.1, -0.05) is 12.1 Å². The van der Waals surface area contributed by atoms with Crippen molar-refractivity contribution in [2.24, 2.45) is 0 Å². The largest absolute Gasteiger partial charge is 0.493 e. The lowest BCUT2D eigenvalue weighted by atomic mass is 10.2. The first-order chi connectivity index (χ1) is 13.7. The van der Waals surface area contributed by atoms with Gasteiger partial charge < -0.3 is 24.8 Å². The van der Waals surface area contributed by atoms with Crippen molar-refractivity contribution in [1.29, 1.82) is 0 Å². The van der Waals surface area contributed by atoms with Gasteiger partial charge in [0.05, 0.1) is 26.0 Å². The third-order valence-corrected chi connectivity index (χ3v) is 4.38. The van der Waals surface area contributed by atoms with Gasteiger partial charge >= 0.3 is 0 Å². The van der Waals surface area contributed by atoms with E-state index in [9.17, 15) is 0 Å². The third kappa shape index (κ3) is 3.96. The van der Waals surface area contributed by atoms with Crippen LogP contribution in [0.3, 0.4) is 0 Å². The lowest BCUT2D eigenvalue weighted by molar-refractivity contribution is 0.122. The first-order valence-electron chi connectivity index (χ1n) is 8.96. The number of rotatable bonds is 5. The van der Waals surface area contributed by atoms with Crippen molar-refractivity contribution < 1.29 is 14.2 Å². The van der Waals surface area contributed by atoms with Crippen molar-refractivity contribution in [2.75, 3.05) is 44.0 Å². The lowest BCUT2D eigenvalue weighted by Gasteiger charge is -2.28. The van der Waals surface area contributed by atoms with Gasteiger partial charge in [-0.15, -0.1) is 0 Å². The van der Waals surface area contributed by atoms with Gasteiger partial charge in [-0.2, -0.15) is 0 Å². The monoisotopic (exact) mass is 379 g/mol. The maximum atomic E-state index is 6.13. The zero-order valence-corrected chi connectivity index (χ0v) is 15.5. The number of aromatic nitrogens is 3. The molecule has 0 radical (unpaired) electrons. The predicted octanol–water partition coefficient (Wildman–Crippen LogP) is 2.76. The Morgan fingerprint density at radius 2 is 1.75 bits per heavy atom. The summed E-state index contributed by atoms with van der Waals surface area (Å²) in [5.74, 6) is 2.96. The summed E-state index contributed by atoms with van der Waals surface area (Å²) in [5.41, 5.74) is 7.07. The summed E-state index contributed by atoms with van der Waals surface area (Å²) in [6.07, 6.45) is 3.31. The van der Waals surface area contributed by atoms with Crippen LogP contribution in [0.1, 0.15) is 0 Å². The van der Waals surface area contributed by atoms with Crippen LogP contribution in [0.2, 0.25) is 0 Å². The number of para-hydroxylation sites is 2. The highest BCUT2D eigenvalue weighted by Gasteiger charge is 2.16. The molecule has 8 heteroatoms. The van der Waals surface area contributed by atoms with Gasteiger partial charge in [-0.3, -0.25) is 0 Å². The third-order valence-electron chi connectivity index (χ3n) is 4.38. The highest BCUT2D eigenvalue weighted by atomic mass is 16.5. The van der Waals surface area contributed by atoms with E-state index in [4.69, 9.17) is 24.9 Å². The Hall–Kier alpha value is -3.39. The van der Waals surface area contributed by atoms with Gasteiger partial charge in [-0.05, 0) is 12.1 Å². The van der Waals surface area contributed by atoms with Crippen LogP contribution in [-0.2, 0) is 4.74 Å². The van der Waals surface area contributed by atoms with Crippen LogP contribution in [0.25, 0.3) is 11.3 Å². The molecule has 2 aromatic heterocycles. The number of hydrogen-bond donors (Lipinski definition) is 1. The van der Waals surface area contributed by atoms with Crippen molar-refractivity contribution in [3.05, 3.63) is 48.8 Å². The van der Waals surface area contributed by atoms with E-state index in [1.54, 1.807) is 19.5 Å². The Morgan fingerprint density at radius 1 is 1.04 bits per heavy atom. The molecule has 0 atom stereocenters. The highest BCUT2D eigenvalue weighted by Crippen LogP contribution is 2.34. The molecule has 1 saturated heterocycles. The molecule has 0 aliphatic carbocycles. The number of pyridine rings is 1. The van der Waals surface area contributed by atoms with Gasteiger partial charge in [0.25, 0.3) is 0 Å². The molecule has 1 fully saturated rings. The molecule has 1 aliphatic heterocycles. The van der Waals surface area contributed by atoms with E-state index < -0.39 is 0 Å². The molecule has 28 heavy (non-hydrogen) atoms. The molecular formula is C20H21N5O3. The molecule has 4 rings (SSSR count). The molecular weight excluding hydrogens is 358 g/mol. The van der Waals surface area contributed by atoms with Crippen molar-refractivity contribution in [3.8, 4) is 28.5 Å². The van der Waals surface area contributed by atoms with Crippen LogP contribution < -0.4 is 20.1 Å². The summed E-state index contributed by atoms with van der Waals surface area (Å²) in [7, 11) is 1.62. The minimum atomic E-state index is 0.221. The van der Waals surface area contributed by atoms with Crippen molar-refractivity contribution in [3.63, 3.8) is 0 Å². The fourth-order valence-electron chi connectivity index (χ4n) is 2.95. The number of nitrogens with two attached hydrogens (primary N) is 1. The Labute approximate surface area is 162 Å². The molecule has 3 heterocycles. The van der Waals surface area contributed by atoms with Crippen molar-refractivity contribution in [1.82, 2.24) is 15.0 Å². The first-order valence-corrected chi connectivity index (χ1v) is 8.96. The number of nitrogens with zero attached hydrogens (tertiary/aromatic N) is 4. The Kier molecular flexibility index (Phi) is 5.20. The summed E-state index contributed by atoms with van der Waals surface area (Å²) in [6.45, 7) is 2.87. The summed E-state index contributed by atoms with van der Waals surface area (Å²) < 4.78 is 17.0. The van der Waals surface area contributed by atoms with Gasteiger partial charge in [-0.25, -0.2) is 15.0 Å². The molecule has 2 N–H and O–H groups in total. The second kappa shape index (κ2) is 8.10. The first kappa shape index (κ1) is 18.0. The predicted molar refractivity (Wildman–Crippen MR) is 106 cm³/mol. The Morgan fingerprint density at radius 3 is 2.46 bits per heavy atom. The number of anilines is 2. The molecule has 0 spiro atoms. The Bertz CT molecular complexity index is 943. The molecule has 0 saturated carbocycles. The number of nitrogen functional groups attached to an aromatic ring is 1. The zero-order valence-electron chi connectivity index (χ0n) is 15.5. The average Bonchev–Trinajstić information content (AvgIpc) is 2.75. The van der Waals surface area contributed by atoms with Gasteiger partial charge in [0.15, 0.2) is 11.5 Å². The van der Waals surface area contributed by atoms with E-state index >= 15 is 0 Å². The van der Waals surface area contributed by atoms with Crippen molar-refractivity contribution in [2.45, 2.75) is 0 Å². The van der Waals surface area contributed by atoms with E-state index in [0.29, 0.717) is 36.2 Å². The molecule has 1 aliphatic rings. The standard InChI is InChI=1S/C20H21N5O3/c1-26-17-4-2-3-5-18(17)28-15-10-16(14-12-22-20(21)23-13-14)24-19(11-15)25-6-8-27-9-7-25/h2-5,10-13H,6-9H2,1H3,(H2,21,22,23). The summed E-state index contributed by atoms with van der Waals surface area (Å²) in [4.78, 5) is 15.1. The molecule has 0 bridgehead atoms. The van der Waals surface area contributed by atoms with Gasteiger partial charge in [0.2, 0.25) is 5.95 Å². The molecule has 0 unspecified atom stereocenters. The number of ether oxygens (including phenoxy) is 3. The summed E-state index contributed by atoms with van der Waals surface area (Å²) in [5, 5.41) is 0. The molecule has 0 amide bonds.